The van der Waals surface area contributed by atoms with E-state index in [9.17, 15) is 4.79 Å². The van der Waals surface area contributed by atoms with Gasteiger partial charge in [-0.15, -0.1) is 24.8 Å². The van der Waals surface area contributed by atoms with Crippen molar-refractivity contribution in [1.82, 2.24) is 9.88 Å². The van der Waals surface area contributed by atoms with Crippen molar-refractivity contribution >= 4 is 30.7 Å². The number of aromatic nitrogens is 1. The molecule has 0 saturated carbocycles. The maximum atomic E-state index is 12.9. The largest absolute Gasteiger partial charge is 0.488 e. The Kier molecular flexibility index (Phi) is 8.74. The lowest BCUT2D eigenvalue weighted by Gasteiger charge is -2.23. The molecule has 0 bridgehead atoms. The van der Waals surface area contributed by atoms with E-state index >= 15 is 0 Å². The number of hydrogen-bond donors (Lipinski definition) is 1. The number of nitrogens with two attached hydrogens (primary N) is 1. The molecule has 1 saturated heterocycles. The zero-order valence-corrected chi connectivity index (χ0v) is 18.2. The normalized spacial score (nSPS) is 18.2. The zero-order chi connectivity index (χ0) is 18.7. The van der Waals surface area contributed by atoms with Crippen molar-refractivity contribution in [3.8, 4) is 5.75 Å². The van der Waals surface area contributed by atoms with Crippen molar-refractivity contribution < 1.29 is 9.53 Å². The van der Waals surface area contributed by atoms with Crippen molar-refractivity contribution in [2.75, 3.05) is 19.6 Å². The Hall–Kier alpha value is -1.82. The number of pyridine rings is 1. The van der Waals surface area contributed by atoms with E-state index in [0.29, 0.717) is 13.2 Å². The summed E-state index contributed by atoms with van der Waals surface area (Å²) in [5.41, 5.74) is 9.57. The van der Waals surface area contributed by atoms with Crippen molar-refractivity contribution in [3.63, 3.8) is 0 Å². The summed E-state index contributed by atoms with van der Waals surface area (Å²) in [6.07, 6.45) is 4.50. The van der Waals surface area contributed by atoms with Gasteiger partial charge in [0.05, 0.1) is 0 Å². The second kappa shape index (κ2) is 10.1. The number of carbonyl (C=O) groups excluding carboxylic acids is 1. The molecule has 0 aliphatic carbocycles. The second-order valence-corrected chi connectivity index (χ2v) is 7.58. The average molecular weight is 426 g/mol. The fourth-order valence-electron chi connectivity index (χ4n) is 3.49. The van der Waals surface area contributed by atoms with Gasteiger partial charge in [-0.25, -0.2) is 0 Å². The summed E-state index contributed by atoms with van der Waals surface area (Å²) in [4.78, 5) is 18.9. The van der Waals surface area contributed by atoms with Crippen LogP contribution in [0, 0.1) is 19.3 Å². The smallest absolute Gasteiger partial charge is 0.253 e. The van der Waals surface area contributed by atoms with Gasteiger partial charge in [0, 0.05) is 36.6 Å². The van der Waals surface area contributed by atoms with Gasteiger partial charge in [-0.05, 0) is 61.6 Å². The molecule has 1 fully saturated rings. The molecule has 1 unspecified atom stereocenters. The minimum atomic E-state index is 0. The van der Waals surface area contributed by atoms with Crippen LogP contribution >= 0.6 is 24.8 Å². The van der Waals surface area contributed by atoms with Crippen molar-refractivity contribution in [2.24, 2.45) is 11.1 Å². The molecule has 1 aliphatic heterocycles. The SMILES string of the molecule is Cc1cc(C(=O)N2CCC(C)(CN)C2)cc(C)c1OCc1cccnc1.Cl.Cl. The standard InChI is InChI=1S/C21H27N3O2.2ClH/c1-15-9-18(20(25)24-8-6-21(3,13-22)14-24)10-16(2)19(15)26-12-17-5-4-7-23-11-17;;/h4-5,7,9-11H,6,8,12-14,22H2,1-3H3;2*1H. The molecule has 2 aromatic rings. The van der Waals surface area contributed by atoms with Gasteiger partial charge in [0.25, 0.3) is 5.91 Å². The summed E-state index contributed by atoms with van der Waals surface area (Å²) in [6.45, 7) is 8.67. The quantitative estimate of drug-likeness (QED) is 0.787. The summed E-state index contributed by atoms with van der Waals surface area (Å²) in [7, 11) is 0. The highest BCUT2D eigenvalue weighted by Crippen LogP contribution is 2.31. The zero-order valence-electron chi connectivity index (χ0n) is 16.6. The molecule has 2 N–H and O–H groups in total. The van der Waals surface area contributed by atoms with E-state index in [0.717, 1.165) is 47.5 Å². The summed E-state index contributed by atoms with van der Waals surface area (Å²) in [6, 6.07) is 7.72. The number of nitrogens with zero attached hydrogens (tertiary/aromatic N) is 2. The molecule has 3 rings (SSSR count). The Morgan fingerprint density at radius 1 is 1.29 bits per heavy atom. The Morgan fingerprint density at radius 2 is 1.96 bits per heavy atom. The number of ether oxygens (including phenoxy) is 1. The predicted octanol–water partition coefficient (Wildman–Crippen LogP) is 3.93. The Bertz CT molecular complexity index is 778. The van der Waals surface area contributed by atoms with Crippen LogP contribution in [0.1, 0.15) is 40.4 Å². The maximum absolute atomic E-state index is 12.9. The van der Waals surface area contributed by atoms with Crippen LogP contribution < -0.4 is 10.5 Å². The van der Waals surface area contributed by atoms with Crippen LogP contribution in [0.2, 0.25) is 0 Å². The lowest BCUT2D eigenvalue weighted by atomic mass is 9.90. The molecule has 1 atom stereocenters. The van der Waals surface area contributed by atoms with Crippen molar-refractivity contribution in [3.05, 3.63) is 58.9 Å². The predicted molar refractivity (Wildman–Crippen MR) is 117 cm³/mol. The molecule has 1 aromatic heterocycles. The van der Waals surface area contributed by atoms with E-state index in [-0.39, 0.29) is 36.1 Å². The molecule has 154 valence electrons. The topological polar surface area (TPSA) is 68.5 Å². The summed E-state index contributed by atoms with van der Waals surface area (Å²) < 4.78 is 5.98. The van der Waals surface area contributed by atoms with Crippen molar-refractivity contribution in [1.29, 1.82) is 0 Å². The summed E-state index contributed by atoms with van der Waals surface area (Å²) >= 11 is 0. The molecule has 1 aromatic carbocycles. The third-order valence-corrected chi connectivity index (χ3v) is 5.15. The molecule has 0 radical (unpaired) electrons. The van der Waals surface area contributed by atoms with Gasteiger partial charge < -0.3 is 15.4 Å². The lowest BCUT2D eigenvalue weighted by molar-refractivity contribution is 0.0776. The van der Waals surface area contributed by atoms with Gasteiger partial charge in [-0.2, -0.15) is 0 Å². The molecule has 1 aliphatic rings. The van der Waals surface area contributed by atoms with Crippen LogP contribution in [0.5, 0.6) is 5.75 Å². The minimum Gasteiger partial charge on any atom is -0.488 e. The molecule has 5 nitrogen and oxygen atoms in total. The number of benzene rings is 1. The average Bonchev–Trinajstić information content (AvgIpc) is 3.04. The maximum Gasteiger partial charge on any atom is 0.253 e. The Morgan fingerprint density at radius 3 is 2.50 bits per heavy atom. The van der Waals surface area contributed by atoms with Gasteiger partial charge in [-0.1, -0.05) is 13.0 Å². The Labute approximate surface area is 179 Å². The minimum absolute atomic E-state index is 0. The van der Waals surface area contributed by atoms with E-state index in [4.69, 9.17) is 10.5 Å². The number of hydrogen-bond acceptors (Lipinski definition) is 4. The van der Waals surface area contributed by atoms with Gasteiger partial charge in [0.1, 0.15) is 12.4 Å². The number of halogens is 2. The molecule has 2 heterocycles. The fourth-order valence-corrected chi connectivity index (χ4v) is 3.49. The number of aryl methyl sites for hydroxylation is 2. The van der Waals surface area contributed by atoms with Crippen LogP contribution in [0.3, 0.4) is 0 Å². The highest BCUT2D eigenvalue weighted by Gasteiger charge is 2.35. The monoisotopic (exact) mass is 425 g/mol. The van der Waals surface area contributed by atoms with Crippen LogP contribution in [0.25, 0.3) is 0 Å². The first kappa shape index (κ1) is 24.2. The highest BCUT2D eigenvalue weighted by atomic mass is 35.5. The first-order chi connectivity index (χ1) is 12.4. The van der Waals surface area contributed by atoms with E-state index < -0.39 is 0 Å². The van der Waals surface area contributed by atoms with Crippen molar-refractivity contribution in [2.45, 2.75) is 33.8 Å². The summed E-state index contributed by atoms with van der Waals surface area (Å²) in [5, 5.41) is 0. The number of likely N-dealkylation sites (tertiary alicyclic amines) is 1. The van der Waals surface area contributed by atoms with Gasteiger partial charge in [0.2, 0.25) is 0 Å². The molecule has 0 spiro atoms. The van der Waals surface area contributed by atoms with E-state index in [2.05, 4.69) is 11.9 Å². The molecule has 1 amide bonds. The fraction of sp³-hybridized carbons (Fsp3) is 0.429. The Balaban J connectivity index is 0.00000196. The van der Waals surface area contributed by atoms with Gasteiger partial charge in [0.15, 0.2) is 0 Å². The van der Waals surface area contributed by atoms with Crippen LogP contribution in [-0.2, 0) is 6.61 Å². The molecular weight excluding hydrogens is 397 g/mol. The van der Waals surface area contributed by atoms with E-state index in [1.165, 1.54) is 0 Å². The van der Waals surface area contributed by atoms with Gasteiger partial charge >= 0.3 is 0 Å². The number of rotatable bonds is 5. The van der Waals surface area contributed by atoms with Crippen LogP contribution in [0.4, 0.5) is 0 Å². The van der Waals surface area contributed by atoms with E-state index in [1.54, 1.807) is 12.4 Å². The molecule has 7 heteroatoms. The second-order valence-electron chi connectivity index (χ2n) is 7.58. The number of carbonyl (C=O) groups is 1. The third kappa shape index (κ3) is 5.37. The van der Waals surface area contributed by atoms with E-state index in [1.807, 2.05) is 43.0 Å². The number of amides is 1. The third-order valence-electron chi connectivity index (χ3n) is 5.15. The van der Waals surface area contributed by atoms with Gasteiger partial charge in [-0.3, -0.25) is 9.78 Å². The highest BCUT2D eigenvalue weighted by molar-refractivity contribution is 5.95. The molecular formula is C21H29Cl2N3O2. The molecule has 28 heavy (non-hydrogen) atoms. The first-order valence-electron chi connectivity index (χ1n) is 9.04. The first-order valence-corrected chi connectivity index (χ1v) is 9.04. The summed E-state index contributed by atoms with van der Waals surface area (Å²) in [5.74, 6) is 0.908. The van der Waals surface area contributed by atoms with Crippen LogP contribution in [0.15, 0.2) is 36.7 Å². The van der Waals surface area contributed by atoms with Crippen LogP contribution in [-0.4, -0.2) is 35.4 Å². The lowest BCUT2D eigenvalue weighted by Crippen LogP contribution is -2.34.